The van der Waals surface area contributed by atoms with Crippen LogP contribution in [-0.2, 0) is 6.42 Å². The van der Waals surface area contributed by atoms with Gasteiger partial charge in [0, 0.05) is 16.6 Å². The molecule has 0 saturated heterocycles. The molecular formula is C17H20ClNO. The van der Waals surface area contributed by atoms with Gasteiger partial charge < -0.3 is 10.1 Å². The first kappa shape index (κ1) is 14.9. The Morgan fingerprint density at radius 2 is 1.95 bits per heavy atom. The molecule has 20 heavy (non-hydrogen) atoms. The van der Waals surface area contributed by atoms with E-state index in [9.17, 15) is 0 Å². The van der Waals surface area contributed by atoms with E-state index in [1.165, 1.54) is 11.1 Å². The third-order valence-electron chi connectivity index (χ3n) is 3.29. The summed E-state index contributed by atoms with van der Waals surface area (Å²) in [6.07, 6.45) is 0.884. The Labute approximate surface area is 125 Å². The van der Waals surface area contributed by atoms with Crippen LogP contribution in [0.25, 0.3) is 0 Å². The molecule has 2 rings (SSSR count). The number of benzene rings is 2. The van der Waals surface area contributed by atoms with Gasteiger partial charge in [0.15, 0.2) is 0 Å². The summed E-state index contributed by atoms with van der Waals surface area (Å²) in [6.45, 7) is 3.02. The van der Waals surface area contributed by atoms with Crippen LogP contribution in [0.3, 0.4) is 0 Å². The van der Waals surface area contributed by atoms with Crippen LogP contribution in [0.5, 0.6) is 5.75 Å². The second kappa shape index (κ2) is 7.32. The molecule has 0 fully saturated rings. The summed E-state index contributed by atoms with van der Waals surface area (Å²) in [4.78, 5) is 0. The Kier molecular flexibility index (Phi) is 5.45. The highest BCUT2D eigenvalue weighted by Gasteiger charge is 2.15. The maximum atomic E-state index is 6.06. The smallest absolute Gasteiger partial charge is 0.123 e. The van der Waals surface area contributed by atoms with Crippen molar-refractivity contribution in [2.45, 2.75) is 19.4 Å². The van der Waals surface area contributed by atoms with E-state index in [2.05, 4.69) is 24.4 Å². The van der Waals surface area contributed by atoms with E-state index < -0.39 is 0 Å². The number of likely N-dealkylation sites (N-methyl/N-ethyl adjacent to an activating group) is 1. The molecule has 0 heterocycles. The maximum absolute atomic E-state index is 6.06. The largest absolute Gasteiger partial charge is 0.496 e. The summed E-state index contributed by atoms with van der Waals surface area (Å²) in [5.41, 5.74) is 2.39. The molecule has 0 aliphatic carbocycles. The van der Waals surface area contributed by atoms with Crippen molar-refractivity contribution >= 4 is 11.6 Å². The Hall–Kier alpha value is -1.51. The molecule has 1 N–H and O–H groups in total. The summed E-state index contributed by atoms with van der Waals surface area (Å²) in [7, 11) is 1.71. The minimum absolute atomic E-state index is 0.217. The first-order valence-electron chi connectivity index (χ1n) is 6.85. The van der Waals surface area contributed by atoms with Gasteiger partial charge in [-0.25, -0.2) is 0 Å². The molecule has 0 aliphatic heterocycles. The molecule has 0 saturated carbocycles. The van der Waals surface area contributed by atoms with E-state index >= 15 is 0 Å². The lowest BCUT2D eigenvalue weighted by Crippen LogP contribution is -2.23. The number of para-hydroxylation sites is 1. The molecule has 0 spiro atoms. The van der Waals surface area contributed by atoms with Crippen molar-refractivity contribution in [3.63, 3.8) is 0 Å². The molecule has 3 heteroatoms. The molecule has 2 nitrogen and oxygen atoms in total. The third-order valence-corrected chi connectivity index (χ3v) is 3.53. The summed E-state index contributed by atoms with van der Waals surface area (Å²) in [5, 5.41) is 4.29. The molecule has 2 aromatic carbocycles. The summed E-state index contributed by atoms with van der Waals surface area (Å²) < 4.78 is 5.47. The Bertz CT molecular complexity index is 556. The maximum Gasteiger partial charge on any atom is 0.123 e. The van der Waals surface area contributed by atoms with Crippen LogP contribution in [0, 0.1) is 0 Å². The van der Waals surface area contributed by atoms with Crippen molar-refractivity contribution in [3.05, 3.63) is 64.7 Å². The standard InChI is InChI=1S/C17H20ClNO/c1-3-19-16(12-13-7-6-8-14(18)11-13)15-9-4-5-10-17(15)20-2/h4-11,16,19H,3,12H2,1-2H3. The number of halogens is 1. The normalized spacial score (nSPS) is 12.2. The van der Waals surface area contributed by atoms with Crippen LogP contribution in [0.15, 0.2) is 48.5 Å². The number of hydrogen-bond donors (Lipinski definition) is 1. The van der Waals surface area contributed by atoms with Crippen molar-refractivity contribution in [2.75, 3.05) is 13.7 Å². The van der Waals surface area contributed by atoms with E-state index in [4.69, 9.17) is 16.3 Å². The lowest BCUT2D eigenvalue weighted by molar-refractivity contribution is 0.399. The van der Waals surface area contributed by atoms with Crippen LogP contribution >= 0.6 is 11.6 Å². The molecule has 2 aromatic rings. The monoisotopic (exact) mass is 289 g/mol. The van der Waals surface area contributed by atoms with Crippen molar-refractivity contribution in [1.29, 1.82) is 0 Å². The van der Waals surface area contributed by atoms with Gasteiger partial charge in [-0.1, -0.05) is 48.9 Å². The number of hydrogen-bond acceptors (Lipinski definition) is 2. The van der Waals surface area contributed by atoms with Gasteiger partial charge in [0.05, 0.1) is 7.11 Å². The summed E-state index contributed by atoms with van der Waals surface area (Å²) in [5.74, 6) is 0.917. The Balaban J connectivity index is 2.26. The fourth-order valence-corrected chi connectivity index (χ4v) is 2.61. The SMILES string of the molecule is CCNC(Cc1cccc(Cl)c1)c1ccccc1OC. The van der Waals surface area contributed by atoms with Crippen molar-refractivity contribution < 1.29 is 4.74 Å². The lowest BCUT2D eigenvalue weighted by atomic mass is 9.98. The van der Waals surface area contributed by atoms with Crippen molar-refractivity contribution in [2.24, 2.45) is 0 Å². The molecule has 1 atom stereocenters. The fourth-order valence-electron chi connectivity index (χ4n) is 2.39. The Morgan fingerprint density at radius 1 is 1.15 bits per heavy atom. The van der Waals surface area contributed by atoms with Crippen LogP contribution in [0.1, 0.15) is 24.1 Å². The van der Waals surface area contributed by atoms with Crippen molar-refractivity contribution in [3.8, 4) is 5.75 Å². The fraction of sp³-hybridized carbons (Fsp3) is 0.294. The van der Waals surface area contributed by atoms with Gasteiger partial charge in [0.25, 0.3) is 0 Å². The van der Waals surface area contributed by atoms with Gasteiger partial charge in [-0.2, -0.15) is 0 Å². The predicted molar refractivity (Wildman–Crippen MR) is 84.6 cm³/mol. The van der Waals surface area contributed by atoms with E-state index in [-0.39, 0.29) is 6.04 Å². The van der Waals surface area contributed by atoms with Crippen LogP contribution < -0.4 is 10.1 Å². The quantitative estimate of drug-likeness (QED) is 0.859. The zero-order valence-electron chi connectivity index (χ0n) is 11.9. The van der Waals surface area contributed by atoms with Crippen LogP contribution in [-0.4, -0.2) is 13.7 Å². The zero-order chi connectivity index (χ0) is 14.4. The number of rotatable bonds is 6. The zero-order valence-corrected chi connectivity index (χ0v) is 12.7. The van der Waals surface area contributed by atoms with E-state index in [0.717, 1.165) is 23.7 Å². The van der Waals surface area contributed by atoms with Gasteiger partial charge in [0.1, 0.15) is 5.75 Å². The molecule has 0 bridgehead atoms. The van der Waals surface area contributed by atoms with E-state index in [1.807, 2.05) is 36.4 Å². The molecule has 0 radical (unpaired) electrons. The second-order valence-electron chi connectivity index (χ2n) is 4.69. The summed E-state index contributed by atoms with van der Waals surface area (Å²) in [6, 6.07) is 16.4. The number of ether oxygens (including phenoxy) is 1. The topological polar surface area (TPSA) is 21.3 Å². The average molecular weight is 290 g/mol. The van der Waals surface area contributed by atoms with Gasteiger partial charge >= 0.3 is 0 Å². The highest BCUT2D eigenvalue weighted by Crippen LogP contribution is 2.28. The number of nitrogens with one attached hydrogen (secondary N) is 1. The number of methoxy groups -OCH3 is 1. The molecule has 106 valence electrons. The first-order chi connectivity index (χ1) is 9.74. The summed E-state index contributed by atoms with van der Waals surface area (Å²) >= 11 is 6.06. The molecule has 1 unspecified atom stereocenters. The average Bonchev–Trinajstić information content (AvgIpc) is 2.47. The molecular weight excluding hydrogens is 270 g/mol. The minimum atomic E-state index is 0.217. The highest BCUT2D eigenvalue weighted by molar-refractivity contribution is 6.30. The Morgan fingerprint density at radius 3 is 2.65 bits per heavy atom. The lowest BCUT2D eigenvalue weighted by Gasteiger charge is -2.21. The first-order valence-corrected chi connectivity index (χ1v) is 7.23. The molecule has 0 aliphatic rings. The van der Waals surface area contributed by atoms with Crippen LogP contribution in [0.4, 0.5) is 0 Å². The van der Waals surface area contributed by atoms with Crippen molar-refractivity contribution in [1.82, 2.24) is 5.32 Å². The second-order valence-corrected chi connectivity index (χ2v) is 5.12. The van der Waals surface area contributed by atoms with Gasteiger partial charge in [0.2, 0.25) is 0 Å². The third kappa shape index (κ3) is 3.75. The van der Waals surface area contributed by atoms with Gasteiger partial charge in [-0.15, -0.1) is 0 Å². The van der Waals surface area contributed by atoms with Crippen LogP contribution in [0.2, 0.25) is 5.02 Å². The van der Waals surface area contributed by atoms with Gasteiger partial charge in [-0.05, 0) is 36.7 Å². The molecule has 0 aromatic heterocycles. The minimum Gasteiger partial charge on any atom is -0.496 e. The van der Waals surface area contributed by atoms with E-state index in [0.29, 0.717) is 0 Å². The highest BCUT2D eigenvalue weighted by atomic mass is 35.5. The molecule has 0 amide bonds. The van der Waals surface area contributed by atoms with E-state index in [1.54, 1.807) is 7.11 Å². The predicted octanol–water partition coefficient (Wildman–Crippen LogP) is 4.24. The van der Waals surface area contributed by atoms with Gasteiger partial charge in [-0.3, -0.25) is 0 Å².